The molecular formula is C20H45NO3. The summed E-state index contributed by atoms with van der Waals surface area (Å²) in [6.07, 6.45) is 15.6. The number of hydrogen-bond acceptors (Lipinski definition) is 4. The van der Waals surface area contributed by atoms with Crippen molar-refractivity contribution in [2.45, 2.75) is 90.9 Å². The van der Waals surface area contributed by atoms with E-state index in [1.165, 1.54) is 64.2 Å². The van der Waals surface area contributed by atoms with Gasteiger partial charge in [0.05, 0.1) is 13.2 Å². The van der Waals surface area contributed by atoms with Gasteiger partial charge >= 0.3 is 0 Å². The van der Waals surface area contributed by atoms with E-state index in [-0.39, 0.29) is 13.2 Å². The van der Waals surface area contributed by atoms with Gasteiger partial charge in [-0.25, -0.2) is 0 Å². The average Bonchev–Trinajstić information content (AvgIpc) is 2.58. The van der Waals surface area contributed by atoms with E-state index in [9.17, 15) is 0 Å². The second-order valence-electron chi connectivity index (χ2n) is 6.55. The van der Waals surface area contributed by atoms with Crippen molar-refractivity contribution in [1.82, 2.24) is 4.90 Å². The summed E-state index contributed by atoms with van der Waals surface area (Å²) in [5, 5.41) is 25.9. The molecule has 0 spiro atoms. The predicted molar refractivity (Wildman–Crippen MR) is 104 cm³/mol. The first-order valence-electron chi connectivity index (χ1n) is 10.3. The second kappa shape index (κ2) is 25.1. The van der Waals surface area contributed by atoms with E-state index in [0.717, 1.165) is 19.4 Å². The van der Waals surface area contributed by atoms with Crippen LogP contribution in [-0.4, -0.2) is 59.7 Å². The van der Waals surface area contributed by atoms with Crippen molar-refractivity contribution >= 4 is 0 Å². The van der Waals surface area contributed by atoms with Crippen molar-refractivity contribution in [3.63, 3.8) is 0 Å². The maximum absolute atomic E-state index is 8.90. The Bertz CT molecular complexity index is 195. The van der Waals surface area contributed by atoms with Crippen LogP contribution in [0.5, 0.6) is 0 Å². The van der Waals surface area contributed by atoms with Crippen LogP contribution >= 0.6 is 0 Å². The molecule has 0 rings (SSSR count). The van der Waals surface area contributed by atoms with Gasteiger partial charge in [-0.15, -0.1) is 0 Å². The summed E-state index contributed by atoms with van der Waals surface area (Å²) in [4.78, 5) is 2.14. The Morgan fingerprint density at radius 1 is 0.458 bits per heavy atom. The van der Waals surface area contributed by atoms with Gasteiger partial charge in [-0.1, -0.05) is 78.1 Å². The number of aliphatic hydroxyl groups excluding tert-OH is 3. The highest BCUT2D eigenvalue weighted by Crippen LogP contribution is 2.10. The van der Waals surface area contributed by atoms with Crippen LogP contribution in [0.4, 0.5) is 0 Å². The van der Waals surface area contributed by atoms with E-state index in [2.05, 4.69) is 18.7 Å². The van der Waals surface area contributed by atoms with Gasteiger partial charge in [0, 0.05) is 19.7 Å². The fourth-order valence-electron chi connectivity index (χ4n) is 2.60. The standard InChI is InChI=1S/C16H35NO2.C4H10O/c1-2-3-4-5-6-7-8-9-10-11-12-17(13-15-18)14-16-19;1-2-3-4-5/h18-19H,2-16H2,1H3;5H,2-4H2,1H3. The van der Waals surface area contributed by atoms with Gasteiger partial charge in [0.2, 0.25) is 0 Å². The third-order valence-electron chi connectivity index (χ3n) is 4.17. The first kappa shape index (κ1) is 26.1. The van der Waals surface area contributed by atoms with Crippen molar-refractivity contribution in [3.8, 4) is 0 Å². The van der Waals surface area contributed by atoms with Gasteiger partial charge in [-0.05, 0) is 19.4 Å². The van der Waals surface area contributed by atoms with Gasteiger partial charge in [-0.3, -0.25) is 4.90 Å². The lowest BCUT2D eigenvalue weighted by Crippen LogP contribution is -2.30. The molecule has 0 fully saturated rings. The highest BCUT2D eigenvalue weighted by Gasteiger charge is 2.02. The Balaban J connectivity index is 0. The normalized spacial score (nSPS) is 10.8. The van der Waals surface area contributed by atoms with Crippen molar-refractivity contribution < 1.29 is 15.3 Å². The van der Waals surface area contributed by atoms with E-state index in [1.54, 1.807) is 0 Å². The molecule has 0 amide bonds. The van der Waals surface area contributed by atoms with Crippen LogP contribution in [0.2, 0.25) is 0 Å². The molecule has 0 aromatic heterocycles. The van der Waals surface area contributed by atoms with Gasteiger partial charge < -0.3 is 15.3 Å². The van der Waals surface area contributed by atoms with E-state index < -0.39 is 0 Å². The van der Waals surface area contributed by atoms with Crippen molar-refractivity contribution in [2.75, 3.05) is 39.5 Å². The maximum Gasteiger partial charge on any atom is 0.0558 e. The molecule has 24 heavy (non-hydrogen) atoms. The minimum Gasteiger partial charge on any atom is -0.396 e. The lowest BCUT2D eigenvalue weighted by atomic mass is 10.1. The Kier molecular flexibility index (Phi) is 27.3. The first-order valence-corrected chi connectivity index (χ1v) is 10.3. The number of aliphatic hydroxyl groups is 3. The molecule has 0 aliphatic rings. The average molecular weight is 348 g/mol. The number of nitrogens with zero attached hydrogens (tertiary/aromatic N) is 1. The van der Waals surface area contributed by atoms with Crippen molar-refractivity contribution in [2.24, 2.45) is 0 Å². The van der Waals surface area contributed by atoms with E-state index >= 15 is 0 Å². The quantitative estimate of drug-likeness (QED) is 0.348. The van der Waals surface area contributed by atoms with Crippen molar-refractivity contribution in [1.29, 1.82) is 0 Å². The maximum atomic E-state index is 8.90. The number of unbranched alkanes of at least 4 members (excludes halogenated alkanes) is 10. The topological polar surface area (TPSA) is 63.9 Å². The van der Waals surface area contributed by atoms with Crippen LogP contribution in [0, 0.1) is 0 Å². The molecule has 0 saturated carbocycles. The van der Waals surface area contributed by atoms with E-state index in [1.807, 2.05) is 0 Å². The van der Waals surface area contributed by atoms with E-state index in [0.29, 0.717) is 19.7 Å². The first-order chi connectivity index (χ1) is 11.8. The molecule has 3 N–H and O–H groups in total. The lowest BCUT2D eigenvalue weighted by molar-refractivity contribution is 0.159. The molecule has 0 aromatic rings. The zero-order valence-electron chi connectivity index (χ0n) is 16.5. The van der Waals surface area contributed by atoms with Crippen LogP contribution in [0.15, 0.2) is 0 Å². The molecule has 0 saturated heterocycles. The molecular weight excluding hydrogens is 302 g/mol. The zero-order chi connectivity index (χ0) is 18.3. The fourth-order valence-corrected chi connectivity index (χ4v) is 2.60. The molecule has 0 aliphatic heterocycles. The summed E-state index contributed by atoms with van der Waals surface area (Å²) in [5.74, 6) is 0. The molecule has 0 heterocycles. The highest BCUT2D eigenvalue weighted by molar-refractivity contribution is 4.57. The minimum atomic E-state index is 0.192. The second-order valence-corrected chi connectivity index (χ2v) is 6.55. The molecule has 4 nitrogen and oxygen atoms in total. The Morgan fingerprint density at radius 2 is 0.875 bits per heavy atom. The molecule has 0 aromatic carbocycles. The van der Waals surface area contributed by atoms with Gasteiger partial charge in [0.15, 0.2) is 0 Å². The minimum absolute atomic E-state index is 0.192. The fraction of sp³-hybridized carbons (Fsp3) is 1.00. The molecule has 0 atom stereocenters. The van der Waals surface area contributed by atoms with Crippen LogP contribution in [0.3, 0.4) is 0 Å². The van der Waals surface area contributed by atoms with Gasteiger partial charge in [0.25, 0.3) is 0 Å². The highest BCUT2D eigenvalue weighted by atomic mass is 16.3. The number of hydrogen-bond donors (Lipinski definition) is 3. The van der Waals surface area contributed by atoms with Gasteiger partial charge in [-0.2, -0.15) is 0 Å². The Morgan fingerprint density at radius 3 is 1.21 bits per heavy atom. The van der Waals surface area contributed by atoms with Crippen LogP contribution in [0.25, 0.3) is 0 Å². The van der Waals surface area contributed by atoms with Gasteiger partial charge in [0.1, 0.15) is 0 Å². The van der Waals surface area contributed by atoms with Crippen LogP contribution < -0.4 is 0 Å². The summed E-state index contributed by atoms with van der Waals surface area (Å²) >= 11 is 0. The largest absolute Gasteiger partial charge is 0.396 e. The number of rotatable bonds is 17. The smallest absolute Gasteiger partial charge is 0.0558 e. The Hall–Kier alpha value is -0.160. The lowest BCUT2D eigenvalue weighted by Gasteiger charge is -2.19. The molecule has 0 unspecified atom stereocenters. The monoisotopic (exact) mass is 347 g/mol. The molecule has 4 heteroatoms. The Labute approximate surface area is 151 Å². The predicted octanol–water partition coefficient (Wildman–Crippen LogP) is 3.97. The summed E-state index contributed by atoms with van der Waals surface area (Å²) in [6.45, 7) is 7.44. The summed E-state index contributed by atoms with van der Waals surface area (Å²) in [5.41, 5.74) is 0. The molecule has 148 valence electrons. The molecule has 0 bridgehead atoms. The summed E-state index contributed by atoms with van der Waals surface area (Å²) in [7, 11) is 0. The SMILES string of the molecule is CCCCCCCCCCCCN(CCO)CCO.CCCCO. The third kappa shape index (κ3) is 24.1. The summed E-state index contributed by atoms with van der Waals surface area (Å²) in [6, 6.07) is 0. The zero-order valence-corrected chi connectivity index (χ0v) is 16.5. The van der Waals surface area contributed by atoms with E-state index in [4.69, 9.17) is 15.3 Å². The summed E-state index contributed by atoms with van der Waals surface area (Å²) < 4.78 is 0. The molecule has 0 radical (unpaired) electrons. The van der Waals surface area contributed by atoms with Crippen LogP contribution in [0.1, 0.15) is 90.9 Å². The molecule has 0 aliphatic carbocycles. The third-order valence-corrected chi connectivity index (χ3v) is 4.17. The van der Waals surface area contributed by atoms with Crippen molar-refractivity contribution in [3.05, 3.63) is 0 Å². The van der Waals surface area contributed by atoms with Crippen LogP contribution in [-0.2, 0) is 0 Å².